The van der Waals surface area contributed by atoms with Gasteiger partial charge in [-0.05, 0) is 31.7 Å². The van der Waals surface area contributed by atoms with Crippen LogP contribution in [0.5, 0.6) is 0 Å². The number of unbranched alkanes of at least 4 members (excludes halogenated alkanes) is 1. The van der Waals surface area contributed by atoms with Gasteiger partial charge in [-0.3, -0.25) is 4.99 Å². The Kier molecular flexibility index (Phi) is 13.9. The number of aromatic nitrogens is 1. The molecule has 28 heavy (non-hydrogen) atoms. The summed E-state index contributed by atoms with van der Waals surface area (Å²) >= 11 is 1.80. The Labute approximate surface area is 190 Å². The van der Waals surface area contributed by atoms with Gasteiger partial charge < -0.3 is 15.4 Å². The van der Waals surface area contributed by atoms with Crippen LogP contribution < -0.4 is 10.6 Å². The highest BCUT2D eigenvalue weighted by molar-refractivity contribution is 14.0. The van der Waals surface area contributed by atoms with Crippen molar-refractivity contribution in [1.82, 2.24) is 15.6 Å². The minimum atomic E-state index is 0. The van der Waals surface area contributed by atoms with Crippen molar-refractivity contribution in [1.29, 1.82) is 0 Å². The third-order valence-corrected chi connectivity index (χ3v) is 5.21. The molecule has 0 saturated carbocycles. The van der Waals surface area contributed by atoms with Gasteiger partial charge in [0, 0.05) is 43.7 Å². The van der Waals surface area contributed by atoms with Crippen LogP contribution in [0.25, 0.3) is 0 Å². The summed E-state index contributed by atoms with van der Waals surface area (Å²) in [6, 6.07) is 10.3. The van der Waals surface area contributed by atoms with Crippen molar-refractivity contribution in [2.45, 2.75) is 46.1 Å². The van der Waals surface area contributed by atoms with Gasteiger partial charge >= 0.3 is 0 Å². The highest BCUT2D eigenvalue weighted by Gasteiger charge is 2.02. The van der Waals surface area contributed by atoms with E-state index in [1.165, 1.54) is 15.4 Å². The molecule has 0 atom stereocenters. The molecule has 1 aromatic heterocycles. The molecule has 5 nitrogen and oxygen atoms in total. The van der Waals surface area contributed by atoms with Crippen molar-refractivity contribution < 1.29 is 4.74 Å². The van der Waals surface area contributed by atoms with Crippen LogP contribution in [0, 0.1) is 0 Å². The third kappa shape index (κ3) is 10.4. The monoisotopic (exact) mass is 516 g/mol. The van der Waals surface area contributed by atoms with Crippen molar-refractivity contribution in [3.05, 3.63) is 52.0 Å². The third-order valence-electron chi connectivity index (χ3n) is 4.00. The molecule has 0 fully saturated rings. The quantitative estimate of drug-likeness (QED) is 0.190. The van der Waals surface area contributed by atoms with E-state index < -0.39 is 0 Å². The van der Waals surface area contributed by atoms with Gasteiger partial charge in [-0.1, -0.05) is 37.3 Å². The molecule has 0 amide bonds. The first-order chi connectivity index (χ1) is 13.3. The molecule has 2 aromatic rings. The van der Waals surface area contributed by atoms with Crippen LogP contribution in [-0.4, -0.2) is 37.2 Å². The van der Waals surface area contributed by atoms with Crippen molar-refractivity contribution in [3.63, 3.8) is 0 Å². The second kappa shape index (κ2) is 15.7. The zero-order chi connectivity index (χ0) is 19.2. The van der Waals surface area contributed by atoms with Crippen LogP contribution in [-0.2, 0) is 24.2 Å². The molecule has 7 heteroatoms. The smallest absolute Gasteiger partial charge is 0.191 e. The molecular formula is C21H33IN4OS. The fourth-order valence-electron chi connectivity index (χ4n) is 2.53. The number of hydrogen-bond acceptors (Lipinski definition) is 4. The second-order valence-corrected chi connectivity index (χ2v) is 7.46. The lowest BCUT2D eigenvalue weighted by atomic mass is 10.2. The van der Waals surface area contributed by atoms with E-state index in [1.54, 1.807) is 11.3 Å². The van der Waals surface area contributed by atoms with Crippen LogP contribution in [0.1, 0.15) is 42.1 Å². The highest BCUT2D eigenvalue weighted by atomic mass is 127. The molecule has 0 bridgehead atoms. The van der Waals surface area contributed by atoms with Crippen LogP contribution in [0.15, 0.2) is 41.5 Å². The zero-order valence-corrected chi connectivity index (χ0v) is 20.1. The number of nitrogens with zero attached hydrogens (tertiary/aromatic N) is 2. The van der Waals surface area contributed by atoms with Gasteiger partial charge in [-0.15, -0.1) is 35.3 Å². The van der Waals surface area contributed by atoms with Crippen molar-refractivity contribution in [3.8, 4) is 0 Å². The van der Waals surface area contributed by atoms with E-state index in [2.05, 4.69) is 46.6 Å². The first-order valence-corrected chi connectivity index (χ1v) is 10.7. The van der Waals surface area contributed by atoms with E-state index in [9.17, 15) is 0 Å². The van der Waals surface area contributed by atoms with E-state index in [0.717, 1.165) is 57.9 Å². The standard InChI is InChI=1S/C21H32N4OS.HI/c1-3-19-16-25-20(27-19)12-14-24-21(22-4-2)23-13-8-9-15-26-17-18-10-6-5-7-11-18;/h5-7,10-11,16H,3-4,8-9,12-15,17H2,1-2H3,(H2,22,23,24);1H. The minimum Gasteiger partial charge on any atom is -0.377 e. The lowest BCUT2D eigenvalue weighted by molar-refractivity contribution is 0.117. The van der Waals surface area contributed by atoms with E-state index >= 15 is 0 Å². The molecule has 2 N–H and O–H groups in total. The summed E-state index contributed by atoms with van der Waals surface area (Å²) in [5.74, 6) is 0.884. The number of halogens is 1. The highest BCUT2D eigenvalue weighted by Crippen LogP contribution is 2.13. The number of benzene rings is 1. The van der Waals surface area contributed by atoms with Gasteiger partial charge in [0.05, 0.1) is 11.6 Å². The lowest BCUT2D eigenvalue weighted by Gasteiger charge is -2.10. The zero-order valence-electron chi connectivity index (χ0n) is 16.9. The Morgan fingerprint density at radius 2 is 1.96 bits per heavy atom. The molecule has 0 aliphatic heterocycles. The molecule has 0 aliphatic rings. The van der Waals surface area contributed by atoms with Crippen LogP contribution >= 0.6 is 35.3 Å². The van der Waals surface area contributed by atoms with Gasteiger partial charge in [-0.2, -0.15) is 0 Å². The number of hydrogen-bond donors (Lipinski definition) is 2. The van der Waals surface area contributed by atoms with Gasteiger partial charge in [0.2, 0.25) is 0 Å². The molecule has 0 radical (unpaired) electrons. The molecular weight excluding hydrogens is 483 g/mol. The lowest BCUT2D eigenvalue weighted by Crippen LogP contribution is -2.38. The maximum atomic E-state index is 5.71. The number of guanidine groups is 1. The molecule has 156 valence electrons. The van der Waals surface area contributed by atoms with Gasteiger partial charge in [0.15, 0.2) is 5.96 Å². The fourth-order valence-corrected chi connectivity index (χ4v) is 3.39. The van der Waals surface area contributed by atoms with Crippen molar-refractivity contribution in [2.24, 2.45) is 4.99 Å². The summed E-state index contributed by atoms with van der Waals surface area (Å²) in [5, 5.41) is 7.88. The van der Waals surface area contributed by atoms with Crippen LogP contribution in [0.2, 0.25) is 0 Å². The van der Waals surface area contributed by atoms with E-state index in [-0.39, 0.29) is 24.0 Å². The number of thiazole rings is 1. The summed E-state index contributed by atoms with van der Waals surface area (Å²) in [4.78, 5) is 10.5. The van der Waals surface area contributed by atoms with Crippen LogP contribution in [0.3, 0.4) is 0 Å². The fraction of sp³-hybridized carbons (Fsp3) is 0.524. The van der Waals surface area contributed by atoms with Crippen LogP contribution in [0.4, 0.5) is 0 Å². The molecule has 0 aliphatic carbocycles. The first-order valence-electron chi connectivity index (χ1n) is 9.89. The molecule has 2 rings (SSSR count). The molecule has 0 unspecified atom stereocenters. The summed E-state index contributed by atoms with van der Waals surface area (Å²) in [7, 11) is 0. The Hall–Kier alpha value is -1.19. The van der Waals surface area contributed by atoms with Gasteiger partial charge in [0.1, 0.15) is 0 Å². The number of nitrogens with one attached hydrogen (secondary N) is 2. The maximum Gasteiger partial charge on any atom is 0.191 e. The summed E-state index contributed by atoms with van der Waals surface area (Å²) in [6.07, 6.45) is 6.03. The SMILES string of the molecule is CCNC(=NCCCCOCc1ccccc1)NCCc1ncc(CC)s1.I. The first kappa shape index (κ1) is 24.8. The predicted octanol–water partition coefficient (Wildman–Crippen LogP) is 4.42. The maximum absolute atomic E-state index is 5.71. The van der Waals surface area contributed by atoms with Crippen molar-refractivity contribution >= 4 is 41.3 Å². The molecule has 0 spiro atoms. The summed E-state index contributed by atoms with van der Waals surface area (Å²) in [5.41, 5.74) is 1.22. The number of aliphatic imine (C=N–C) groups is 1. The van der Waals surface area contributed by atoms with E-state index in [0.29, 0.717) is 6.61 Å². The largest absolute Gasteiger partial charge is 0.377 e. The Morgan fingerprint density at radius 1 is 1.14 bits per heavy atom. The molecule has 0 saturated heterocycles. The van der Waals surface area contributed by atoms with Gasteiger partial charge in [0.25, 0.3) is 0 Å². The normalized spacial score (nSPS) is 11.1. The van der Waals surface area contributed by atoms with E-state index in [4.69, 9.17) is 4.74 Å². The average molecular weight is 516 g/mol. The van der Waals surface area contributed by atoms with Gasteiger partial charge in [-0.25, -0.2) is 4.98 Å². The average Bonchev–Trinajstić information content (AvgIpc) is 3.16. The second-order valence-electron chi connectivity index (χ2n) is 6.26. The number of rotatable bonds is 12. The number of aryl methyl sites for hydroxylation is 1. The molecule has 1 heterocycles. The molecule has 1 aromatic carbocycles. The summed E-state index contributed by atoms with van der Waals surface area (Å²) in [6.45, 7) is 8.23. The predicted molar refractivity (Wildman–Crippen MR) is 130 cm³/mol. The Bertz CT molecular complexity index is 663. The Morgan fingerprint density at radius 3 is 2.68 bits per heavy atom. The topological polar surface area (TPSA) is 58.5 Å². The minimum absolute atomic E-state index is 0. The number of ether oxygens (including phenoxy) is 1. The Balaban J connectivity index is 0.00000392. The van der Waals surface area contributed by atoms with Crippen molar-refractivity contribution in [2.75, 3.05) is 26.2 Å². The van der Waals surface area contributed by atoms with E-state index in [1.807, 2.05) is 24.4 Å². The summed E-state index contributed by atoms with van der Waals surface area (Å²) < 4.78 is 5.71.